The van der Waals surface area contributed by atoms with Crippen molar-refractivity contribution in [1.29, 1.82) is 0 Å². The van der Waals surface area contributed by atoms with Crippen molar-refractivity contribution in [2.24, 2.45) is 5.84 Å². The molecule has 3 N–H and O–H groups in total. The first-order chi connectivity index (χ1) is 8.52. The SMILES string of the molecule is Cc1sc(=O)n(Cc2ccc(C(=O)NN)s2)c1C. The van der Waals surface area contributed by atoms with Crippen LogP contribution in [0.25, 0.3) is 0 Å². The Morgan fingerprint density at radius 3 is 2.67 bits per heavy atom. The van der Waals surface area contributed by atoms with Gasteiger partial charge in [-0.25, -0.2) is 5.84 Å². The molecule has 0 aliphatic carbocycles. The van der Waals surface area contributed by atoms with Crippen LogP contribution < -0.4 is 16.1 Å². The Balaban J connectivity index is 2.27. The summed E-state index contributed by atoms with van der Waals surface area (Å²) in [4.78, 5) is 25.6. The highest BCUT2D eigenvalue weighted by Crippen LogP contribution is 2.19. The summed E-state index contributed by atoms with van der Waals surface area (Å²) in [6, 6.07) is 3.55. The highest BCUT2D eigenvalue weighted by Gasteiger charge is 2.11. The normalized spacial score (nSPS) is 10.6. The maximum absolute atomic E-state index is 11.7. The van der Waals surface area contributed by atoms with Gasteiger partial charge in [-0.3, -0.25) is 19.6 Å². The van der Waals surface area contributed by atoms with Crippen molar-refractivity contribution in [3.63, 3.8) is 0 Å². The first-order valence-corrected chi connectivity index (χ1v) is 6.92. The van der Waals surface area contributed by atoms with Crippen molar-refractivity contribution in [3.05, 3.63) is 42.1 Å². The van der Waals surface area contributed by atoms with Crippen molar-refractivity contribution in [2.45, 2.75) is 20.4 Å². The van der Waals surface area contributed by atoms with E-state index >= 15 is 0 Å². The third-order valence-corrected chi connectivity index (χ3v) is 4.77. The number of nitrogens with two attached hydrogens (primary N) is 1. The number of hydrazine groups is 1. The van der Waals surface area contributed by atoms with Crippen molar-refractivity contribution in [1.82, 2.24) is 9.99 Å². The van der Waals surface area contributed by atoms with Gasteiger partial charge in [0.1, 0.15) is 0 Å². The highest BCUT2D eigenvalue weighted by molar-refractivity contribution is 7.14. The van der Waals surface area contributed by atoms with Crippen LogP contribution >= 0.6 is 22.7 Å². The molecule has 5 nitrogen and oxygen atoms in total. The Hall–Kier alpha value is -1.44. The first-order valence-electron chi connectivity index (χ1n) is 5.29. The van der Waals surface area contributed by atoms with Crippen molar-refractivity contribution < 1.29 is 4.79 Å². The highest BCUT2D eigenvalue weighted by atomic mass is 32.1. The molecule has 7 heteroatoms. The van der Waals surface area contributed by atoms with Gasteiger partial charge in [-0.05, 0) is 26.0 Å². The van der Waals surface area contributed by atoms with Crippen molar-refractivity contribution in [3.8, 4) is 0 Å². The van der Waals surface area contributed by atoms with Gasteiger partial charge in [-0.2, -0.15) is 0 Å². The fraction of sp³-hybridized carbons (Fsp3) is 0.273. The Morgan fingerprint density at radius 2 is 2.11 bits per heavy atom. The second-order valence-electron chi connectivity index (χ2n) is 3.84. The Labute approximate surface area is 112 Å². The molecule has 0 bridgehead atoms. The van der Waals surface area contributed by atoms with E-state index < -0.39 is 0 Å². The molecule has 0 fully saturated rings. The summed E-state index contributed by atoms with van der Waals surface area (Å²) in [6.07, 6.45) is 0. The van der Waals surface area contributed by atoms with E-state index in [0.29, 0.717) is 11.4 Å². The molecule has 2 heterocycles. The zero-order valence-electron chi connectivity index (χ0n) is 10.0. The summed E-state index contributed by atoms with van der Waals surface area (Å²) in [5, 5.41) is 0. The van der Waals surface area contributed by atoms with Gasteiger partial charge in [0.2, 0.25) is 0 Å². The number of hydrogen-bond donors (Lipinski definition) is 2. The molecule has 0 saturated heterocycles. The summed E-state index contributed by atoms with van der Waals surface area (Å²) in [5.41, 5.74) is 3.07. The zero-order chi connectivity index (χ0) is 13.3. The van der Waals surface area contributed by atoms with Gasteiger partial charge in [-0.15, -0.1) is 11.3 Å². The summed E-state index contributed by atoms with van der Waals surface area (Å²) in [7, 11) is 0. The molecule has 0 aliphatic rings. The van der Waals surface area contributed by atoms with Crippen molar-refractivity contribution in [2.75, 3.05) is 0 Å². The number of nitrogens with zero attached hydrogens (tertiary/aromatic N) is 1. The van der Waals surface area contributed by atoms with Crippen LogP contribution in [0.5, 0.6) is 0 Å². The van der Waals surface area contributed by atoms with Gasteiger partial charge in [0.25, 0.3) is 5.91 Å². The monoisotopic (exact) mass is 283 g/mol. The lowest BCUT2D eigenvalue weighted by atomic mass is 10.3. The number of aryl methyl sites for hydroxylation is 1. The lowest BCUT2D eigenvalue weighted by Gasteiger charge is -2.02. The molecule has 2 rings (SSSR count). The maximum Gasteiger partial charge on any atom is 0.307 e. The number of thiazole rings is 1. The molecule has 0 spiro atoms. The standard InChI is InChI=1S/C11H13N3O2S2/c1-6-7(2)17-11(16)14(6)5-8-3-4-9(18-8)10(15)13-12/h3-4H,5,12H2,1-2H3,(H,13,15). The lowest BCUT2D eigenvalue weighted by molar-refractivity contribution is 0.0957. The van der Waals surface area contributed by atoms with E-state index in [4.69, 9.17) is 5.84 Å². The van der Waals surface area contributed by atoms with Crippen LogP contribution in [0.3, 0.4) is 0 Å². The van der Waals surface area contributed by atoms with Gasteiger partial charge in [-0.1, -0.05) is 11.3 Å². The fourth-order valence-electron chi connectivity index (χ4n) is 1.58. The van der Waals surface area contributed by atoms with Gasteiger partial charge in [0, 0.05) is 15.4 Å². The molecule has 0 unspecified atom stereocenters. The van der Waals surface area contributed by atoms with E-state index in [2.05, 4.69) is 5.43 Å². The summed E-state index contributed by atoms with van der Waals surface area (Å²) in [6.45, 7) is 4.35. The third kappa shape index (κ3) is 2.38. The van der Waals surface area contributed by atoms with E-state index in [1.54, 1.807) is 10.6 Å². The van der Waals surface area contributed by atoms with Crippen LogP contribution in [0.2, 0.25) is 0 Å². The van der Waals surface area contributed by atoms with Gasteiger partial charge < -0.3 is 0 Å². The average molecular weight is 283 g/mol. The molecular formula is C11H13N3O2S2. The molecule has 0 atom stereocenters. The third-order valence-electron chi connectivity index (χ3n) is 2.71. The van der Waals surface area contributed by atoms with Crippen LogP contribution in [-0.4, -0.2) is 10.5 Å². The number of nitrogens with one attached hydrogen (secondary N) is 1. The minimum atomic E-state index is -0.309. The smallest absolute Gasteiger partial charge is 0.298 e. The quantitative estimate of drug-likeness (QED) is 0.505. The van der Waals surface area contributed by atoms with E-state index in [0.717, 1.165) is 15.4 Å². The summed E-state index contributed by atoms with van der Waals surface area (Å²) >= 11 is 2.59. The molecule has 0 saturated carbocycles. The number of amides is 1. The molecule has 96 valence electrons. The van der Waals surface area contributed by atoms with Gasteiger partial charge in [0.05, 0.1) is 11.4 Å². The van der Waals surface area contributed by atoms with Crippen LogP contribution in [0.15, 0.2) is 16.9 Å². The number of thiophene rings is 1. The number of rotatable bonds is 3. The largest absolute Gasteiger partial charge is 0.307 e. The van der Waals surface area contributed by atoms with E-state index in [1.807, 2.05) is 19.9 Å². The molecule has 18 heavy (non-hydrogen) atoms. The van der Waals surface area contributed by atoms with E-state index in [-0.39, 0.29) is 10.8 Å². The predicted molar refractivity (Wildman–Crippen MR) is 73.1 cm³/mol. The summed E-state index contributed by atoms with van der Waals surface area (Å²) < 4.78 is 1.72. The second-order valence-corrected chi connectivity index (χ2v) is 6.17. The topological polar surface area (TPSA) is 77.1 Å². The molecule has 2 aromatic rings. The lowest BCUT2D eigenvalue weighted by Crippen LogP contribution is -2.29. The number of aromatic nitrogens is 1. The van der Waals surface area contributed by atoms with E-state index in [1.165, 1.54) is 22.7 Å². The number of carbonyl (C=O) groups excluding carboxylic acids is 1. The summed E-state index contributed by atoms with van der Waals surface area (Å²) in [5.74, 6) is 4.76. The Kier molecular flexibility index (Phi) is 3.65. The Bertz CT molecular complexity index is 639. The number of carbonyl (C=O) groups is 1. The average Bonchev–Trinajstić information content (AvgIpc) is 2.90. The molecule has 0 radical (unpaired) electrons. The molecule has 1 amide bonds. The predicted octanol–water partition coefficient (Wildman–Crippen LogP) is 1.24. The molecule has 0 aliphatic heterocycles. The van der Waals surface area contributed by atoms with Crippen LogP contribution in [0.4, 0.5) is 0 Å². The minimum absolute atomic E-state index is 0.0308. The molecule has 2 aromatic heterocycles. The number of nitrogen functional groups attached to an aromatic ring is 1. The van der Waals surface area contributed by atoms with Crippen LogP contribution in [0, 0.1) is 13.8 Å². The van der Waals surface area contributed by atoms with Gasteiger partial charge in [0.15, 0.2) is 0 Å². The molecule has 0 aromatic carbocycles. The van der Waals surface area contributed by atoms with Crippen LogP contribution in [-0.2, 0) is 6.54 Å². The van der Waals surface area contributed by atoms with E-state index in [9.17, 15) is 9.59 Å². The Morgan fingerprint density at radius 1 is 1.39 bits per heavy atom. The second kappa shape index (κ2) is 5.05. The van der Waals surface area contributed by atoms with Gasteiger partial charge >= 0.3 is 4.87 Å². The van der Waals surface area contributed by atoms with Crippen LogP contribution in [0.1, 0.15) is 25.1 Å². The maximum atomic E-state index is 11.7. The minimum Gasteiger partial charge on any atom is -0.298 e. The fourth-order valence-corrected chi connectivity index (χ4v) is 3.31. The first kappa shape index (κ1) is 13.0. The molecular weight excluding hydrogens is 270 g/mol. The number of hydrogen-bond acceptors (Lipinski definition) is 5. The van der Waals surface area contributed by atoms with Crippen molar-refractivity contribution >= 4 is 28.6 Å². The zero-order valence-corrected chi connectivity index (χ0v) is 11.7.